The molecule has 0 N–H and O–H groups in total. The van der Waals surface area contributed by atoms with Gasteiger partial charge in [-0.2, -0.15) is 0 Å². The normalized spacial score (nSPS) is 15.2. The first-order valence-electron chi connectivity index (χ1n) is 7.87. The molecule has 0 bridgehead atoms. The Morgan fingerprint density at radius 1 is 1.09 bits per heavy atom. The van der Waals surface area contributed by atoms with Crippen LogP contribution in [0.15, 0.2) is 36.4 Å². The van der Waals surface area contributed by atoms with Gasteiger partial charge in [0.25, 0.3) is 5.91 Å². The minimum atomic E-state index is 0.189. The molecule has 0 spiro atoms. The molecule has 0 aliphatic carbocycles. The lowest BCUT2D eigenvalue weighted by molar-refractivity contribution is 0.0751. The molecule has 1 fully saturated rings. The number of amides is 1. The van der Waals surface area contributed by atoms with E-state index in [2.05, 4.69) is 49.1 Å². The van der Waals surface area contributed by atoms with Gasteiger partial charge in [0.1, 0.15) is 0 Å². The summed E-state index contributed by atoms with van der Waals surface area (Å²) in [6.07, 6.45) is 0.999. The summed E-state index contributed by atoms with van der Waals surface area (Å²) in [7, 11) is 0. The van der Waals surface area contributed by atoms with E-state index in [1.165, 1.54) is 16.1 Å². The van der Waals surface area contributed by atoms with Gasteiger partial charge in [-0.3, -0.25) is 4.79 Å². The van der Waals surface area contributed by atoms with E-state index in [1.54, 1.807) is 11.3 Å². The smallest absolute Gasteiger partial charge is 0.264 e. The van der Waals surface area contributed by atoms with Crippen molar-refractivity contribution in [3.05, 3.63) is 51.7 Å². The predicted octanol–water partition coefficient (Wildman–Crippen LogP) is 3.58. The zero-order chi connectivity index (χ0) is 15.5. The number of carbonyl (C=O) groups is 1. The van der Waals surface area contributed by atoms with Crippen molar-refractivity contribution in [3.8, 4) is 0 Å². The molecule has 2 aromatic rings. The molecule has 1 aromatic heterocycles. The molecular weight excluding hydrogens is 292 g/mol. The van der Waals surface area contributed by atoms with Gasteiger partial charge in [0.2, 0.25) is 0 Å². The minimum absolute atomic E-state index is 0.189. The number of para-hydroxylation sites is 1. The molecule has 3 rings (SSSR count). The van der Waals surface area contributed by atoms with Crippen LogP contribution >= 0.6 is 11.3 Å². The van der Waals surface area contributed by atoms with Crippen LogP contribution in [0.25, 0.3) is 0 Å². The van der Waals surface area contributed by atoms with Crippen molar-refractivity contribution in [2.24, 2.45) is 0 Å². The van der Waals surface area contributed by atoms with Crippen molar-refractivity contribution in [3.63, 3.8) is 0 Å². The Morgan fingerprint density at radius 2 is 1.82 bits per heavy atom. The van der Waals surface area contributed by atoms with Gasteiger partial charge in [-0.15, -0.1) is 11.3 Å². The monoisotopic (exact) mass is 314 g/mol. The molecule has 0 atom stereocenters. The summed E-state index contributed by atoms with van der Waals surface area (Å²) >= 11 is 1.63. The lowest BCUT2D eigenvalue weighted by Crippen LogP contribution is -2.48. The van der Waals surface area contributed by atoms with Gasteiger partial charge in [-0.25, -0.2) is 0 Å². The van der Waals surface area contributed by atoms with Crippen molar-refractivity contribution < 1.29 is 4.79 Å². The maximum atomic E-state index is 12.6. The predicted molar refractivity (Wildman–Crippen MR) is 93.0 cm³/mol. The van der Waals surface area contributed by atoms with E-state index in [-0.39, 0.29) is 5.91 Å². The van der Waals surface area contributed by atoms with Crippen LogP contribution in [0.1, 0.15) is 27.0 Å². The molecule has 1 saturated heterocycles. The largest absolute Gasteiger partial charge is 0.368 e. The van der Waals surface area contributed by atoms with Crippen LogP contribution < -0.4 is 4.90 Å². The molecule has 4 heteroatoms. The van der Waals surface area contributed by atoms with Crippen molar-refractivity contribution in [2.45, 2.75) is 20.3 Å². The molecule has 116 valence electrons. The molecule has 0 radical (unpaired) electrons. The second-order valence-electron chi connectivity index (χ2n) is 5.69. The summed E-state index contributed by atoms with van der Waals surface area (Å²) in [6, 6.07) is 12.5. The highest BCUT2D eigenvalue weighted by atomic mass is 32.1. The third kappa shape index (κ3) is 3.02. The van der Waals surface area contributed by atoms with Crippen LogP contribution in [0.2, 0.25) is 0 Å². The van der Waals surface area contributed by atoms with Gasteiger partial charge < -0.3 is 9.80 Å². The number of nitrogens with zero attached hydrogens (tertiary/aromatic N) is 2. The maximum absolute atomic E-state index is 12.6. The van der Waals surface area contributed by atoms with Crippen LogP contribution in [0.5, 0.6) is 0 Å². The Kier molecular flexibility index (Phi) is 4.48. The molecule has 0 saturated carbocycles. The zero-order valence-corrected chi connectivity index (χ0v) is 14.0. The number of rotatable bonds is 3. The Hall–Kier alpha value is -1.81. The van der Waals surface area contributed by atoms with Gasteiger partial charge in [0.05, 0.1) is 4.88 Å². The van der Waals surface area contributed by atoms with Crippen molar-refractivity contribution in [1.29, 1.82) is 0 Å². The van der Waals surface area contributed by atoms with Gasteiger partial charge in [0, 0.05) is 36.7 Å². The third-order valence-corrected chi connectivity index (χ3v) is 5.46. The second-order valence-corrected chi connectivity index (χ2v) is 6.85. The fourth-order valence-corrected chi connectivity index (χ4v) is 3.82. The average molecular weight is 314 g/mol. The summed E-state index contributed by atoms with van der Waals surface area (Å²) in [6.45, 7) is 7.68. The van der Waals surface area contributed by atoms with E-state index >= 15 is 0 Å². The Morgan fingerprint density at radius 3 is 2.45 bits per heavy atom. The number of anilines is 1. The molecule has 1 aromatic carbocycles. The van der Waals surface area contributed by atoms with Gasteiger partial charge in [-0.1, -0.05) is 25.1 Å². The molecule has 1 aliphatic heterocycles. The number of hydrogen-bond donors (Lipinski definition) is 0. The zero-order valence-electron chi connectivity index (χ0n) is 13.2. The van der Waals surface area contributed by atoms with Gasteiger partial charge in [-0.05, 0) is 37.1 Å². The topological polar surface area (TPSA) is 23.6 Å². The number of carbonyl (C=O) groups excluding carboxylic acids is 1. The van der Waals surface area contributed by atoms with Crippen molar-refractivity contribution >= 4 is 22.9 Å². The SMILES string of the molecule is CCc1ccc(C(=O)N2CCN(c3ccccc3C)CC2)s1. The highest BCUT2D eigenvalue weighted by molar-refractivity contribution is 7.14. The van der Waals surface area contributed by atoms with E-state index in [9.17, 15) is 4.79 Å². The van der Waals surface area contributed by atoms with E-state index in [0.29, 0.717) is 0 Å². The summed E-state index contributed by atoms with van der Waals surface area (Å²) in [5.41, 5.74) is 2.59. The first-order chi connectivity index (χ1) is 10.7. The maximum Gasteiger partial charge on any atom is 0.264 e. The molecule has 1 amide bonds. The molecule has 2 heterocycles. The Balaban J connectivity index is 1.64. The summed E-state index contributed by atoms with van der Waals surface area (Å²) in [5.74, 6) is 0.189. The molecule has 1 aliphatic rings. The number of benzene rings is 1. The van der Waals surface area contributed by atoms with Crippen molar-refractivity contribution in [1.82, 2.24) is 4.90 Å². The fourth-order valence-electron chi connectivity index (χ4n) is 2.91. The Bertz CT molecular complexity index is 657. The van der Waals surface area contributed by atoms with E-state index < -0.39 is 0 Å². The first-order valence-corrected chi connectivity index (χ1v) is 8.69. The Labute approximate surface area is 136 Å². The number of hydrogen-bond acceptors (Lipinski definition) is 3. The number of aryl methyl sites for hydroxylation is 2. The highest BCUT2D eigenvalue weighted by Crippen LogP contribution is 2.23. The van der Waals surface area contributed by atoms with E-state index in [1.807, 2.05) is 11.0 Å². The lowest BCUT2D eigenvalue weighted by Gasteiger charge is -2.36. The number of thiophene rings is 1. The van der Waals surface area contributed by atoms with Crippen LogP contribution in [0, 0.1) is 6.92 Å². The van der Waals surface area contributed by atoms with Gasteiger partial charge >= 0.3 is 0 Å². The number of piperazine rings is 1. The van der Waals surface area contributed by atoms with Gasteiger partial charge in [0.15, 0.2) is 0 Å². The summed E-state index contributed by atoms with van der Waals surface area (Å²) < 4.78 is 0. The molecule has 22 heavy (non-hydrogen) atoms. The summed E-state index contributed by atoms with van der Waals surface area (Å²) in [5, 5.41) is 0. The fraction of sp³-hybridized carbons (Fsp3) is 0.389. The summed E-state index contributed by atoms with van der Waals surface area (Å²) in [4.78, 5) is 19.1. The average Bonchev–Trinajstić information content (AvgIpc) is 3.04. The minimum Gasteiger partial charge on any atom is -0.368 e. The van der Waals surface area contributed by atoms with Crippen molar-refractivity contribution in [2.75, 3.05) is 31.1 Å². The van der Waals surface area contributed by atoms with E-state index in [4.69, 9.17) is 0 Å². The second kappa shape index (κ2) is 6.53. The standard InChI is InChI=1S/C18H22N2OS/c1-3-15-8-9-17(22-15)18(21)20-12-10-19(11-13-20)16-7-5-4-6-14(16)2/h4-9H,3,10-13H2,1-2H3. The lowest BCUT2D eigenvalue weighted by atomic mass is 10.1. The van der Waals surface area contributed by atoms with Crippen LogP contribution in [-0.4, -0.2) is 37.0 Å². The van der Waals surface area contributed by atoms with Crippen LogP contribution in [0.4, 0.5) is 5.69 Å². The molecule has 3 nitrogen and oxygen atoms in total. The molecular formula is C18H22N2OS. The quantitative estimate of drug-likeness (QED) is 0.864. The van der Waals surface area contributed by atoms with Crippen LogP contribution in [0.3, 0.4) is 0 Å². The molecule has 0 unspecified atom stereocenters. The van der Waals surface area contributed by atoms with E-state index in [0.717, 1.165) is 37.5 Å². The first kappa shape index (κ1) is 15.1. The third-order valence-electron chi connectivity index (χ3n) is 4.24. The van der Waals surface area contributed by atoms with Crippen LogP contribution in [-0.2, 0) is 6.42 Å². The highest BCUT2D eigenvalue weighted by Gasteiger charge is 2.23.